The lowest BCUT2D eigenvalue weighted by Crippen LogP contribution is -2.38. The summed E-state index contributed by atoms with van der Waals surface area (Å²) in [4.78, 5) is 50.8. The average molecular weight is 1150 g/mol. The molecule has 0 aliphatic carbocycles. The highest BCUT2D eigenvalue weighted by Gasteiger charge is 2.25. The van der Waals surface area contributed by atoms with Gasteiger partial charge in [-0.25, -0.2) is 0 Å². The molecule has 3 atom stereocenters. The van der Waals surface area contributed by atoms with Crippen molar-refractivity contribution in [3.05, 3.63) is 59.7 Å². The van der Waals surface area contributed by atoms with Crippen LogP contribution in [0.4, 0.5) is 0 Å². The average Bonchev–Trinajstić information content (AvgIpc) is 3.30. The molecule has 0 spiro atoms. The van der Waals surface area contributed by atoms with E-state index in [-0.39, 0.29) is 76.0 Å². The van der Waals surface area contributed by atoms with Crippen LogP contribution in [0.2, 0.25) is 0 Å². The normalized spacial score (nSPS) is 12.5. The number of nitrogens with zero attached hydrogens (tertiary/aromatic N) is 1. The van der Waals surface area contributed by atoms with Crippen LogP contribution >= 0.6 is 40.5 Å². The van der Waals surface area contributed by atoms with E-state index in [0.717, 1.165) is 76.2 Å². The van der Waals surface area contributed by atoms with Crippen molar-refractivity contribution in [3.8, 4) is 11.5 Å². The van der Waals surface area contributed by atoms with E-state index in [1.165, 1.54) is 24.0 Å². The van der Waals surface area contributed by atoms with E-state index in [0.29, 0.717) is 83.1 Å². The third-order valence-corrected chi connectivity index (χ3v) is 13.4. The van der Waals surface area contributed by atoms with Gasteiger partial charge >= 0.3 is 0 Å². The summed E-state index contributed by atoms with van der Waals surface area (Å²) in [6.45, 7) is 54.2. The second kappa shape index (κ2) is 47.2. The number of rotatable bonds is 33. The van der Waals surface area contributed by atoms with Crippen molar-refractivity contribution >= 4 is 63.6 Å². The zero-order valence-electron chi connectivity index (χ0n) is 54.9. The molecule has 7 nitrogen and oxygen atoms in total. The number of ketones is 4. The topological polar surface area (TPSA) is 90.0 Å². The van der Waals surface area contributed by atoms with Gasteiger partial charge in [-0.05, 0) is 149 Å². The first-order valence-corrected chi connectivity index (χ1v) is 30.1. The first-order valence-electron chi connectivity index (χ1n) is 30.1. The lowest BCUT2D eigenvalue weighted by Gasteiger charge is -2.27. The summed E-state index contributed by atoms with van der Waals surface area (Å²) in [5, 5.41) is 0. The quantitative estimate of drug-likeness (QED) is 0.0703. The summed E-state index contributed by atoms with van der Waals surface area (Å²) >= 11 is 0. The SMILES string of the molecule is CC(C)CCN(CC(=O)C(C)C)C(C)C.CC(C)CCOc1ccc(C[C@H](CC(C)C)C(=O)C(C)C)cc1.CC(C)CC[C@H](CC(C)C)C(=O)C(C)C.CC(C)COc1ccc(C[C@H](CC(C)C)C(=O)C(C)C)cc1.S.S.S. The number of hydrogen-bond donors (Lipinski definition) is 0. The van der Waals surface area contributed by atoms with Crippen LogP contribution in [0.15, 0.2) is 48.5 Å². The molecular weight excluding hydrogens is 1020 g/mol. The summed E-state index contributed by atoms with van der Waals surface area (Å²) in [6, 6.07) is 17.0. The van der Waals surface area contributed by atoms with E-state index in [9.17, 15) is 19.2 Å². The number of carbonyl (C=O) groups is 4. The fourth-order valence-electron chi connectivity index (χ4n) is 8.65. The van der Waals surface area contributed by atoms with Crippen LogP contribution in [-0.2, 0) is 32.0 Å². The van der Waals surface area contributed by atoms with Gasteiger partial charge in [0.25, 0.3) is 0 Å². The number of hydrogen-bond acceptors (Lipinski definition) is 7. The van der Waals surface area contributed by atoms with Crippen molar-refractivity contribution in [1.82, 2.24) is 4.90 Å². The van der Waals surface area contributed by atoms with Gasteiger partial charge in [0, 0.05) is 47.5 Å². The number of ether oxygens (including phenoxy) is 2. The zero-order valence-corrected chi connectivity index (χ0v) is 57.9. The molecule has 0 fully saturated rings. The van der Waals surface area contributed by atoms with E-state index in [1.807, 2.05) is 79.7 Å². The van der Waals surface area contributed by atoms with Crippen molar-refractivity contribution in [1.29, 1.82) is 0 Å². The van der Waals surface area contributed by atoms with Crippen LogP contribution in [0.5, 0.6) is 11.5 Å². The predicted octanol–water partition coefficient (Wildman–Crippen LogP) is 18.3. The van der Waals surface area contributed by atoms with Crippen LogP contribution in [0.1, 0.15) is 222 Å². The molecule has 2 aromatic rings. The van der Waals surface area contributed by atoms with E-state index < -0.39 is 0 Å². The minimum absolute atomic E-state index is 0. The van der Waals surface area contributed by atoms with E-state index in [4.69, 9.17) is 9.47 Å². The van der Waals surface area contributed by atoms with Gasteiger partial charge in [-0.15, -0.1) is 0 Å². The molecule has 0 unspecified atom stereocenters. The van der Waals surface area contributed by atoms with Gasteiger partial charge in [-0.3, -0.25) is 24.1 Å². The molecule has 0 aliphatic heterocycles. The molecule has 0 aromatic heterocycles. The van der Waals surface area contributed by atoms with Gasteiger partial charge in [-0.1, -0.05) is 183 Å². The summed E-state index contributed by atoms with van der Waals surface area (Å²) in [6.07, 6.45) is 9.14. The molecule has 458 valence electrons. The van der Waals surface area contributed by atoms with Crippen LogP contribution in [-0.4, -0.2) is 60.4 Å². The molecule has 0 bridgehead atoms. The van der Waals surface area contributed by atoms with Gasteiger partial charge in [0.15, 0.2) is 0 Å². The highest BCUT2D eigenvalue weighted by molar-refractivity contribution is 7.59. The van der Waals surface area contributed by atoms with Crippen LogP contribution in [0, 0.1) is 82.9 Å². The van der Waals surface area contributed by atoms with E-state index in [1.54, 1.807) is 0 Å². The first kappa shape index (κ1) is 84.5. The monoisotopic (exact) mass is 1150 g/mol. The van der Waals surface area contributed by atoms with Crippen LogP contribution in [0.3, 0.4) is 0 Å². The Kier molecular flexibility index (Phi) is 51.2. The first-order chi connectivity index (χ1) is 34.8. The largest absolute Gasteiger partial charge is 0.494 e. The van der Waals surface area contributed by atoms with Crippen molar-refractivity contribution in [2.45, 2.75) is 230 Å². The Labute approximate surface area is 504 Å². The van der Waals surface area contributed by atoms with Gasteiger partial charge in [0.1, 0.15) is 34.6 Å². The van der Waals surface area contributed by atoms with Gasteiger partial charge in [-0.2, -0.15) is 40.5 Å². The lowest BCUT2D eigenvalue weighted by atomic mass is 9.83. The minimum Gasteiger partial charge on any atom is -0.494 e. The molecule has 0 radical (unpaired) electrons. The van der Waals surface area contributed by atoms with Crippen molar-refractivity contribution in [2.24, 2.45) is 82.9 Å². The summed E-state index contributed by atoms with van der Waals surface area (Å²) < 4.78 is 11.5. The Bertz CT molecular complexity index is 1780. The molecule has 0 heterocycles. The van der Waals surface area contributed by atoms with Crippen molar-refractivity contribution in [3.63, 3.8) is 0 Å². The molecule has 0 saturated heterocycles. The van der Waals surface area contributed by atoms with Gasteiger partial charge in [0.2, 0.25) is 0 Å². The zero-order chi connectivity index (χ0) is 58.1. The maximum Gasteiger partial charge on any atom is 0.149 e. The molecule has 0 amide bonds. The Morgan fingerprint density at radius 3 is 1.04 bits per heavy atom. The van der Waals surface area contributed by atoms with Crippen molar-refractivity contribution in [2.75, 3.05) is 26.3 Å². The fourth-order valence-corrected chi connectivity index (χ4v) is 8.65. The summed E-state index contributed by atoms with van der Waals surface area (Å²) in [5.74, 6) is 8.86. The minimum atomic E-state index is 0. The third-order valence-electron chi connectivity index (χ3n) is 13.4. The number of carbonyl (C=O) groups excluding carboxylic acids is 4. The molecule has 2 aromatic carbocycles. The third kappa shape index (κ3) is 43.5. The molecule has 78 heavy (non-hydrogen) atoms. The highest BCUT2D eigenvalue weighted by Crippen LogP contribution is 2.26. The molecule has 2 rings (SSSR count). The molecule has 0 aliphatic rings. The predicted molar refractivity (Wildman–Crippen MR) is 355 cm³/mol. The maximum atomic E-state index is 12.4. The molecule has 0 saturated carbocycles. The molecule has 10 heteroatoms. The van der Waals surface area contributed by atoms with Gasteiger partial charge < -0.3 is 9.47 Å². The van der Waals surface area contributed by atoms with Crippen molar-refractivity contribution < 1.29 is 28.7 Å². The van der Waals surface area contributed by atoms with Crippen LogP contribution < -0.4 is 9.47 Å². The highest BCUT2D eigenvalue weighted by atomic mass is 32.1. The summed E-state index contributed by atoms with van der Waals surface area (Å²) in [7, 11) is 0. The smallest absolute Gasteiger partial charge is 0.149 e. The maximum absolute atomic E-state index is 12.4. The number of benzene rings is 2. The Morgan fingerprint density at radius 2 is 0.731 bits per heavy atom. The molecule has 0 N–H and O–H groups in total. The lowest BCUT2D eigenvalue weighted by molar-refractivity contribution is -0.127. The Morgan fingerprint density at radius 1 is 0.385 bits per heavy atom. The van der Waals surface area contributed by atoms with Gasteiger partial charge in [0.05, 0.1) is 19.8 Å². The second-order valence-electron chi connectivity index (χ2n) is 26.4. The summed E-state index contributed by atoms with van der Waals surface area (Å²) in [5.41, 5.74) is 2.44. The molecular formula is C68H127NO6S3. The number of Topliss-reactive ketones (excluding diaryl/α,β-unsaturated/α-hetero) is 4. The standard InChI is InChI=1S/C21H34O2.C20H32O2.C14H28O.C13H27NO.3H2S/c1-15(2)11-12-23-20-9-7-18(8-10-20)14-19(13-16(3)4)21(22)17(5)6;1-14(2)11-18(20(21)16(5)6)12-17-7-9-19(10-8-17)22-13-15(3)4;1-10(2)7-8-13(9-11(3)4)14(15)12(5)6;1-10(2)7-8-14(12(5)6)9-13(15)11(3)4;;;/h7-10,15-17,19H,11-14H2,1-6H3;7-10,14-16,18H,11-13H2,1-6H3;10-13H,7-9H2,1-6H3;10-12H,7-9H2,1-6H3;3*1H2/t19-;18-;13-;;;;/m001..../s1. The second-order valence-corrected chi connectivity index (χ2v) is 26.4. The Hall–Kier alpha value is -2.27. The van der Waals surface area contributed by atoms with E-state index in [2.05, 4.69) is 140 Å². The van der Waals surface area contributed by atoms with E-state index >= 15 is 0 Å². The fraction of sp³-hybridized carbons (Fsp3) is 0.765. The van der Waals surface area contributed by atoms with Crippen LogP contribution in [0.25, 0.3) is 0 Å². The Balaban J connectivity index is -0.000000306.